The first-order valence-corrected chi connectivity index (χ1v) is 7.41. The van der Waals surface area contributed by atoms with Gasteiger partial charge in [-0.1, -0.05) is 43.8 Å². The van der Waals surface area contributed by atoms with E-state index in [1.807, 2.05) is 0 Å². The van der Waals surface area contributed by atoms with Crippen LogP contribution in [0, 0.1) is 6.07 Å². The van der Waals surface area contributed by atoms with Crippen LogP contribution in [0.2, 0.25) is 0 Å². The van der Waals surface area contributed by atoms with Gasteiger partial charge in [-0.15, -0.1) is 0 Å². The number of ether oxygens (including phenoxy) is 3. The number of hydrogen-bond donors (Lipinski definition) is 0. The van der Waals surface area contributed by atoms with Gasteiger partial charge in [-0.2, -0.15) is 0 Å². The quantitative estimate of drug-likeness (QED) is 0.337. The Kier molecular flexibility index (Phi) is 6.14. The molecule has 0 aliphatic carbocycles. The summed E-state index contributed by atoms with van der Waals surface area (Å²) in [5.41, 5.74) is 0.225. The van der Waals surface area contributed by atoms with E-state index in [0.717, 1.165) is 6.08 Å². The fourth-order valence-electron chi connectivity index (χ4n) is 1.84. The van der Waals surface area contributed by atoms with E-state index >= 15 is 0 Å². The lowest BCUT2D eigenvalue weighted by Crippen LogP contribution is -2.24. The monoisotopic (exact) mass is 325 g/mol. The highest BCUT2D eigenvalue weighted by Crippen LogP contribution is 2.22. The van der Waals surface area contributed by atoms with E-state index in [4.69, 9.17) is 14.2 Å². The molecule has 5 heteroatoms. The van der Waals surface area contributed by atoms with Crippen molar-refractivity contribution in [3.8, 4) is 11.5 Å². The van der Waals surface area contributed by atoms with E-state index in [-0.39, 0.29) is 11.3 Å². The fourth-order valence-corrected chi connectivity index (χ4v) is 1.84. The third kappa shape index (κ3) is 4.71. The normalized spacial score (nSPS) is 11.2. The molecule has 0 saturated heterocycles. The molecule has 2 aromatic carbocycles. The van der Waals surface area contributed by atoms with Crippen molar-refractivity contribution in [2.24, 2.45) is 0 Å². The molecule has 123 valence electrons. The zero-order valence-electron chi connectivity index (χ0n) is 13.2. The summed E-state index contributed by atoms with van der Waals surface area (Å²) in [4.78, 5) is 23.7. The number of para-hydroxylation sites is 2. The minimum Gasteiger partial charge on any atom is -0.454 e. The molecule has 0 bridgehead atoms. The maximum atomic E-state index is 12.3. The molecule has 0 aliphatic rings. The minimum atomic E-state index is -0.826. The minimum absolute atomic E-state index is 0.225. The number of carbonyl (C=O) groups is 2. The molecule has 2 aromatic rings. The molecule has 0 aliphatic heterocycles. The van der Waals surface area contributed by atoms with Crippen LogP contribution in [0.25, 0.3) is 0 Å². The van der Waals surface area contributed by atoms with Crippen molar-refractivity contribution in [3.63, 3.8) is 0 Å². The number of benzene rings is 2. The zero-order valence-corrected chi connectivity index (χ0v) is 13.2. The van der Waals surface area contributed by atoms with Crippen molar-refractivity contribution >= 4 is 11.9 Å². The molecule has 0 saturated carbocycles. The first kappa shape index (κ1) is 17.3. The Bertz CT molecular complexity index is 709. The molecule has 0 spiro atoms. The summed E-state index contributed by atoms with van der Waals surface area (Å²) in [7, 11) is 0. The maximum Gasteiger partial charge on any atom is 0.347 e. The van der Waals surface area contributed by atoms with Crippen LogP contribution in [0.15, 0.2) is 61.2 Å². The van der Waals surface area contributed by atoms with E-state index in [1.165, 1.54) is 0 Å². The second-order valence-corrected chi connectivity index (χ2v) is 4.71. The summed E-state index contributed by atoms with van der Waals surface area (Å²) in [6.07, 6.45) is 0.639. The molecule has 2 rings (SSSR count). The number of rotatable bonds is 7. The average Bonchev–Trinajstić information content (AvgIpc) is 2.62. The van der Waals surface area contributed by atoms with Gasteiger partial charge >= 0.3 is 11.9 Å². The summed E-state index contributed by atoms with van der Waals surface area (Å²) in [5, 5.41) is 0. The summed E-state index contributed by atoms with van der Waals surface area (Å²) in [6.45, 7) is 5.13. The van der Waals surface area contributed by atoms with Crippen LogP contribution in [0.3, 0.4) is 0 Å². The topological polar surface area (TPSA) is 61.8 Å². The van der Waals surface area contributed by atoms with Gasteiger partial charge in [0.1, 0.15) is 17.1 Å². The summed E-state index contributed by atoms with van der Waals surface area (Å²) in [5.74, 6) is -0.608. The standard InChI is InChI=1S/C19H17O5/c1-3-17(20)24-18(4-2)23-16-13-9-8-12-15(16)19(21)22-14-10-6-5-7-11-14/h3,5-10,12-13,18H,1,4H2,2H3. The van der Waals surface area contributed by atoms with Crippen LogP contribution in [-0.4, -0.2) is 18.2 Å². The van der Waals surface area contributed by atoms with Gasteiger partial charge in [-0.25, -0.2) is 9.59 Å². The molecule has 0 amide bonds. The highest BCUT2D eigenvalue weighted by molar-refractivity contribution is 5.94. The van der Waals surface area contributed by atoms with Gasteiger partial charge in [0.05, 0.1) is 0 Å². The molecule has 1 radical (unpaired) electrons. The van der Waals surface area contributed by atoms with Gasteiger partial charge in [-0.05, 0) is 18.2 Å². The van der Waals surface area contributed by atoms with Crippen LogP contribution in [0.5, 0.6) is 11.5 Å². The van der Waals surface area contributed by atoms with Crippen molar-refractivity contribution in [3.05, 3.63) is 72.8 Å². The van der Waals surface area contributed by atoms with E-state index in [1.54, 1.807) is 55.5 Å². The van der Waals surface area contributed by atoms with Crippen LogP contribution >= 0.6 is 0 Å². The van der Waals surface area contributed by atoms with Crippen molar-refractivity contribution < 1.29 is 23.8 Å². The molecule has 1 atom stereocenters. The smallest absolute Gasteiger partial charge is 0.347 e. The molecule has 0 heterocycles. The predicted molar refractivity (Wildman–Crippen MR) is 87.7 cm³/mol. The van der Waals surface area contributed by atoms with Gasteiger partial charge in [0, 0.05) is 18.6 Å². The number of esters is 2. The second kappa shape index (κ2) is 8.53. The molecular formula is C19H17O5. The Morgan fingerprint density at radius 1 is 1.21 bits per heavy atom. The molecule has 1 unspecified atom stereocenters. The van der Waals surface area contributed by atoms with Crippen molar-refractivity contribution in [2.45, 2.75) is 19.6 Å². The van der Waals surface area contributed by atoms with Crippen molar-refractivity contribution in [2.75, 3.05) is 0 Å². The van der Waals surface area contributed by atoms with E-state index < -0.39 is 18.2 Å². The highest BCUT2D eigenvalue weighted by Gasteiger charge is 2.19. The summed E-state index contributed by atoms with van der Waals surface area (Å²) in [6, 6.07) is 16.2. The lowest BCUT2D eigenvalue weighted by molar-refractivity contribution is -0.157. The molecule has 0 N–H and O–H groups in total. The Hall–Kier alpha value is -3.08. The SMILES string of the molecule is C=CC(=O)OC(CC)Oc1ccccc1C(=O)Oc1[c]cccc1. The van der Waals surface area contributed by atoms with E-state index in [0.29, 0.717) is 12.2 Å². The summed E-state index contributed by atoms with van der Waals surface area (Å²) < 4.78 is 16.0. The molecule has 24 heavy (non-hydrogen) atoms. The molecular weight excluding hydrogens is 308 g/mol. The predicted octanol–water partition coefficient (Wildman–Crippen LogP) is 3.55. The van der Waals surface area contributed by atoms with Crippen LogP contribution in [-0.2, 0) is 9.53 Å². The van der Waals surface area contributed by atoms with Gasteiger partial charge in [-0.3, -0.25) is 0 Å². The number of hydrogen-bond acceptors (Lipinski definition) is 5. The Morgan fingerprint density at radius 2 is 1.96 bits per heavy atom. The first-order chi connectivity index (χ1) is 11.6. The summed E-state index contributed by atoms with van der Waals surface area (Å²) >= 11 is 0. The lowest BCUT2D eigenvalue weighted by atomic mass is 10.2. The highest BCUT2D eigenvalue weighted by atomic mass is 16.7. The largest absolute Gasteiger partial charge is 0.454 e. The van der Waals surface area contributed by atoms with E-state index in [2.05, 4.69) is 12.6 Å². The van der Waals surface area contributed by atoms with Gasteiger partial charge < -0.3 is 14.2 Å². The molecule has 0 aromatic heterocycles. The van der Waals surface area contributed by atoms with Crippen LogP contribution in [0.1, 0.15) is 23.7 Å². The van der Waals surface area contributed by atoms with Crippen LogP contribution in [0.4, 0.5) is 0 Å². The third-order valence-electron chi connectivity index (χ3n) is 3.00. The lowest BCUT2D eigenvalue weighted by Gasteiger charge is -2.18. The van der Waals surface area contributed by atoms with Gasteiger partial charge in [0.25, 0.3) is 0 Å². The zero-order chi connectivity index (χ0) is 17.4. The second-order valence-electron chi connectivity index (χ2n) is 4.71. The van der Waals surface area contributed by atoms with Gasteiger partial charge in [0.15, 0.2) is 0 Å². The van der Waals surface area contributed by atoms with Gasteiger partial charge in [0.2, 0.25) is 6.29 Å². The Balaban J connectivity index is 2.15. The molecule has 5 nitrogen and oxygen atoms in total. The van der Waals surface area contributed by atoms with E-state index in [9.17, 15) is 9.59 Å². The Morgan fingerprint density at radius 3 is 2.62 bits per heavy atom. The average molecular weight is 325 g/mol. The maximum absolute atomic E-state index is 12.3. The van der Waals surface area contributed by atoms with Crippen LogP contribution < -0.4 is 9.47 Å². The molecule has 0 fully saturated rings. The van der Waals surface area contributed by atoms with Crippen molar-refractivity contribution in [1.82, 2.24) is 0 Å². The first-order valence-electron chi connectivity index (χ1n) is 7.41. The number of carbonyl (C=O) groups excluding carboxylic acids is 2. The third-order valence-corrected chi connectivity index (χ3v) is 3.00. The van der Waals surface area contributed by atoms with Crippen molar-refractivity contribution in [1.29, 1.82) is 0 Å². The Labute approximate surface area is 140 Å². The fraction of sp³-hybridized carbons (Fsp3) is 0.158.